The van der Waals surface area contributed by atoms with Crippen LogP contribution in [-0.2, 0) is 22.4 Å². The molecule has 0 spiro atoms. The molecule has 0 radical (unpaired) electrons. The number of carboxylic acid groups (broad SMARTS) is 2. The maximum absolute atomic E-state index is 10.6. The van der Waals surface area contributed by atoms with Crippen LogP contribution in [0.5, 0.6) is 0 Å². The molecule has 210 valence electrons. The van der Waals surface area contributed by atoms with E-state index in [2.05, 4.69) is 76.1 Å². The van der Waals surface area contributed by atoms with E-state index < -0.39 is 24.3 Å². The minimum absolute atomic E-state index is 0.389. The van der Waals surface area contributed by atoms with Gasteiger partial charge in [-0.1, -0.05) is 30.3 Å². The lowest BCUT2D eigenvalue weighted by Gasteiger charge is -2.06. The third kappa shape index (κ3) is 8.98. The van der Waals surface area contributed by atoms with Gasteiger partial charge in [-0.25, -0.2) is 14.6 Å². The number of nitrogens with two attached hydrogens (primary N) is 1. The van der Waals surface area contributed by atoms with Crippen LogP contribution in [0.1, 0.15) is 11.1 Å². The number of fused-ring (bicyclic) bond motifs is 1. The van der Waals surface area contributed by atoms with Gasteiger partial charge in [-0.15, -0.1) is 0 Å². The molecule has 6 N–H and O–H groups in total. The quantitative estimate of drug-likeness (QED) is 0.162. The van der Waals surface area contributed by atoms with Crippen LogP contribution in [0.15, 0.2) is 51.7 Å². The molecule has 0 unspecified atom stereocenters. The van der Waals surface area contributed by atoms with Gasteiger partial charge in [0.2, 0.25) is 0 Å². The number of carboxylic acids is 2. The zero-order valence-electron chi connectivity index (χ0n) is 19.2. The molecule has 0 bridgehead atoms. The summed E-state index contributed by atoms with van der Waals surface area (Å²) in [6, 6.07) is 12.3. The van der Waals surface area contributed by atoms with E-state index in [0.29, 0.717) is 5.95 Å². The third-order valence-corrected chi connectivity index (χ3v) is 6.64. The van der Waals surface area contributed by atoms with E-state index in [1.165, 1.54) is 5.56 Å². The first-order valence-electron chi connectivity index (χ1n) is 10.3. The Labute approximate surface area is 231 Å². The molecule has 4 rings (SSSR count). The molecule has 0 fully saturated rings. The van der Waals surface area contributed by atoms with Gasteiger partial charge >= 0.3 is 24.3 Å². The fourth-order valence-corrected chi connectivity index (χ4v) is 3.90. The van der Waals surface area contributed by atoms with Gasteiger partial charge in [0.05, 0.1) is 20.3 Å². The van der Waals surface area contributed by atoms with E-state index in [0.717, 1.165) is 49.9 Å². The van der Waals surface area contributed by atoms with Crippen molar-refractivity contribution in [1.82, 2.24) is 19.9 Å². The molecule has 4 aromatic rings. The predicted octanol–water partition coefficient (Wildman–Crippen LogP) is 6.11. The molecule has 39 heavy (non-hydrogen) atoms. The molecule has 3 aromatic heterocycles. The number of halogens is 8. The topological polar surface area (TPSA) is 158 Å². The van der Waals surface area contributed by atoms with Gasteiger partial charge < -0.3 is 25.9 Å². The van der Waals surface area contributed by atoms with Crippen molar-refractivity contribution in [2.45, 2.75) is 25.2 Å². The minimum Gasteiger partial charge on any atom is -0.475 e. The summed E-state index contributed by atoms with van der Waals surface area (Å²) in [7, 11) is 0. The van der Waals surface area contributed by atoms with Crippen molar-refractivity contribution in [3.63, 3.8) is 0 Å². The molecule has 0 aliphatic carbocycles. The molecule has 1 aromatic carbocycles. The number of nitrogen functional groups attached to an aromatic ring is 1. The molecular weight excluding hydrogens is 672 g/mol. The Morgan fingerprint density at radius 2 is 1.44 bits per heavy atom. The van der Waals surface area contributed by atoms with Crippen molar-refractivity contribution in [2.75, 3.05) is 5.73 Å². The highest BCUT2D eigenvalue weighted by Crippen LogP contribution is 2.37. The summed E-state index contributed by atoms with van der Waals surface area (Å²) in [6.07, 6.45) is -6.59. The van der Waals surface area contributed by atoms with E-state index in [-0.39, 0.29) is 0 Å². The number of benzene rings is 1. The lowest BCUT2D eigenvalue weighted by Crippen LogP contribution is -2.21. The van der Waals surface area contributed by atoms with Gasteiger partial charge in [-0.2, -0.15) is 26.3 Å². The van der Waals surface area contributed by atoms with Gasteiger partial charge in [0.15, 0.2) is 5.95 Å². The highest BCUT2D eigenvalue weighted by Gasteiger charge is 2.38. The molecule has 0 saturated heterocycles. The molecule has 9 nitrogen and oxygen atoms in total. The Kier molecular flexibility index (Phi) is 10.5. The second-order valence-corrected chi connectivity index (χ2v) is 8.96. The number of pyridine rings is 1. The van der Waals surface area contributed by atoms with Gasteiger partial charge in [0.1, 0.15) is 11.2 Å². The van der Waals surface area contributed by atoms with Crippen molar-refractivity contribution >= 4 is 60.8 Å². The smallest absolute Gasteiger partial charge is 0.475 e. The number of alkyl halides is 6. The monoisotopic (exact) mass is 687 g/mol. The molecule has 0 amide bonds. The van der Waals surface area contributed by atoms with E-state index >= 15 is 0 Å². The Balaban J connectivity index is 0.000000317. The van der Waals surface area contributed by atoms with Crippen LogP contribution < -0.4 is 5.73 Å². The summed E-state index contributed by atoms with van der Waals surface area (Å²) in [6.45, 7) is 0. The third-order valence-electron chi connectivity index (χ3n) is 4.64. The average molecular weight is 689 g/mol. The van der Waals surface area contributed by atoms with Crippen molar-refractivity contribution in [1.29, 1.82) is 0 Å². The minimum atomic E-state index is -5.08. The highest BCUT2D eigenvalue weighted by atomic mass is 79.9. The van der Waals surface area contributed by atoms with E-state index in [4.69, 9.17) is 25.5 Å². The van der Waals surface area contributed by atoms with Gasteiger partial charge in [-0.05, 0) is 61.9 Å². The van der Waals surface area contributed by atoms with Crippen LogP contribution >= 0.6 is 31.9 Å². The number of anilines is 1. The number of H-pyrrole nitrogens is 2. The van der Waals surface area contributed by atoms with Crippen LogP contribution in [-0.4, -0.2) is 54.4 Å². The van der Waals surface area contributed by atoms with Crippen molar-refractivity contribution < 1.29 is 46.1 Å². The second-order valence-electron chi connectivity index (χ2n) is 7.38. The number of nitrogens with zero attached hydrogens (tertiary/aromatic N) is 2. The van der Waals surface area contributed by atoms with E-state index in [1.54, 1.807) is 6.20 Å². The highest BCUT2D eigenvalue weighted by molar-refractivity contribution is 9.13. The van der Waals surface area contributed by atoms with E-state index in [1.807, 2.05) is 12.1 Å². The summed E-state index contributed by atoms with van der Waals surface area (Å²) in [5, 5.41) is 14.2. The number of aromatic nitrogens is 4. The van der Waals surface area contributed by atoms with Crippen molar-refractivity contribution in [2.24, 2.45) is 0 Å². The first-order valence-corrected chi connectivity index (χ1v) is 11.9. The number of hydrogen-bond donors (Lipinski definition) is 5. The maximum Gasteiger partial charge on any atom is 0.490 e. The zero-order valence-corrected chi connectivity index (χ0v) is 22.3. The Hall–Kier alpha value is -3.60. The molecule has 3 heterocycles. The number of hydrogen-bond acceptors (Lipinski definition) is 5. The second kappa shape index (κ2) is 13.0. The Bertz CT molecular complexity index is 1410. The van der Waals surface area contributed by atoms with Gasteiger partial charge in [0.25, 0.3) is 0 Å². The SMILES string of the molecule is Nc1nc2c(-c3[nH]c(Br)c(Br)c3CCc3ccccc3)nccc2[nH]1.O=C(O)C(F)(F)F.O=C(O)C(F)(F)F. The first-order chi connectivity index (χ1) is 18.0. The van der Waals surface area contributed by atoms with Crippen LogP contribution in [0.25, 0.3) is 22.4 Å². The maximum atomic E-state index is 10.6. The number of aryl methyl sites for hydroxylation is 1. The molecule has 0 atom stereocenters. The van der Waals surface area contributed by atoms with Crippen LogP contribution in [0.3, 0.4) is 0 Å². The predicted molar refractivity (Wildman–Crippen MR) is 135 cm³/mol. The number of aromatic amines is 2. The lowest BCUT2D eigenvalue weighted by atomic mass is 10.0. The largest absolute Gasteiger partial charge is 0.490 e. The fourth-order valence-electron chi connectivity index (χ4n) is 2.97. The van der Waals surface area contributed by atoms with Crippen LogP contribution in [0.2, 0.25) is 0 Å². The number of imidazole rings is 1. The van der Waals surface area contributed by atoms with Crippen LogP contribution in [0.4, 0.5) is 32.3 Å². The Morgan fingerprint density at radius 3 is 1.95 bits per heavy atom. The summed E-state index contributed by atoms with van der Waals surface area (Å²) in [4.78, 5) is 33.2. The lowest BCUT2D eigenvalue weighted by molar-refractivity contribution is -0.193. The first kappa shape index (κ1) is 31.6. The number of aliphatic carboxylic acids is 2. The van der Waals surface area contributed by atoms with Gasteiger partial charge in [-0.3, -0.25) is 4.98 Å². The van der Waals surface area contributed by atoms with Crippen LogP contribution in [0, 0.1) is 0 Å². The summed E-state index contributed by atoms with van der Waals surface area (Å²) >= 11 is 7.26. The summed E-state index contributed by atoms with van der Waals surface area (Å²) in [5.41, 5.74) is 11.7. The van der Waals surface area contributed by atoms with Gasteiger partial charge in [0, 0.05) is 6.20 Å². The number of rotatable bonds is 4. The molecular formula is C22H17Br2F6N5O4. The number of carbonyl (C=O) groups is 2. The molecule has 0 aliphatic rings. The van der Waals surface area contributed by atoms with Crippen molar-refractivity contribution in [3.05, 3.63) is 62.8 Å². The molecule has 0 saturated carbocycles. The Morgan fingerprint density at radius 1 is 0.897 bits per heavy atom. The normalized spacial score (nSPS) is 11.3. The van der Waals surface area contributed by atoms with Crippen molar-refractivity contribution in [3.8, 4) is 11.4 Å². The average Bonchev–Trinajstić information content (AvgIpc) is 3.36. The molecule has 0 aliphatic heterocycles. The standard InChI is InChI=1S/C18H15Br2N5.2C2HF3O2/c19-13-11(7-6-10-4-2-1-3-5-10)14(24-17(13)20)16-15-12(8-9-22-16)23-18(21)25-15;2*3-2(4,5)1(6)7/h1-5,8-9,24H,6-7H2,(H3,21,23,25);2*(H,6,7). The molecule has 17 heteroatoms. The van der Waals surface area contributed by atoms with E-state index in [9.17, 15) is 26.3 Å². The fraction of sp³-hybridized carbons (Fsp3) is 0.182. The number of nitrogens with one attached hydrogen (secondary N) is 2. The zero-order chi connectivity index (χ0) is 29.5. The summed E-state index contributed by atoms with van der Waals surface area (Å²) in [5.74, 6) is -5.13. The summed E-state index contributed by atoms with van der Waals surface area (Å²) < 4.78 is 65.4.